The molecule has 7 heteroatoms. The van der Waals surface area contributed by atoms with Crippen LogP contribution in [0.5, 0.6) is 0 Å². The van der Waals surface area contributed by atoms with Gasteiger partial charge in [0, 0.05) is 44.7 Å². The fourth-order valence-corrected chi connectivity index (χ4v) is 3.18. The van der Waals surface area contributed by atoms with Crippen LogP contribution in [0.3, 0.4) is 0 Å². The van der Waals surface area contributed by atoms with Gasteiger partial charge in [0.15, 0.2) is 0 Å². The molecule has 0 unspecified atom stereocenters. The summed E-state index contributed by atoms with van der Waals surface area (Å²) >= 11 is 0. The number of amides is 2. The molecule has 3 rings (SSSR count). The van der Waals surface area contributed by atoms with Crippen molar-refractivity contribution in [2.45, 2.75) is 18.9 Å². The molecule has 2 heterocycles. The summed E-state index contributed by atoms with van der Waals surface area (Å²) in [6, 6.07) is 5.50. The number of aromatic nitrogens is 2. The van der Waals surface area contributed by atoms with Crippen molar-refractivity contribution in [3.63, 3.8) is 0 Å². The van der Waals surface area contributed by atoms with Crippen molar-refractivity contribution in [2.75, 3.05) is 19.7 Å². The van der Waals surface area contributed by atoms with E-state index in [-0.39, 0.29) is 24.4 Å². The van der Waals surface area contributed by atoms with E-state index in [2.05, 4.69) is 10.3 Å². The van der Waals surface area contributed by atoms with Crippen molar-refractivity contribution < 1.29 is 14.3 Å². The predicted octanol–water partition coefficient (Wildman–Crippen LogP) is 2.06. The number of aryl methyl sites for hydroxylation is 1. The van der Waals surface area contributed by atoms with Gasteiger partial charge in [-0.2, -0.15) is 0 Å². The molecule has 1 fully saturated rings. The highest BCUT2D eigenvalue weighted by Crippen LogP contribution is 2.24. The van der Waals surface area contributed by atoms with E-state index in [0.29, 0.717) is 24.5 Å². The van der Waals surface area contributed by atoms with Gasteiger partial charge in [-0.3, -0.25) is 0 Å². The molecular weight excluding hydrogens is 323 g/mol. The van der Waals surface area contributed by atoms with E-state index in [1.807, 2.05) is 7.05 Å². The zero-order chi connectivity index (χ0) is 17.8. The topological polar surface area (TPSA) is 70.4 Å². The molecule has 2 aromatic rings. The van der Waals surface area contributed by atoms with Crippen LogP contribution >= 0.6 is 0 Å². The van der Waals surface area contributed by atoms with Crippen LogP contribution in [0.25, 0.3) is 0 Å². The number of aliphatic hydroxyl groups excluding tert-OH is 1. The average molecular weight is 346 g/mol. The monoisotopic (exact) mass is 346 g/mol. The molecule has 0 spiro atoms. The lowest BCUT2D eigenvalue weighted by molar-refractivity contribution is 0.136. The van der Waals surface area contributed by atoms with Gasteiger partial charge >= 0.3 is 6.03 Å². The number of hydrogen-bond donors (Lipinski definition) is 2. The number of piperidine rings is 1. The Hall–Kier alpha value is -2.41. The van der Waals surface area contributed by atoms with Gasteiger partial charge in [0.25, 0.3) is 0 Å². The number of hydrogen-bond acceptors (Lipinski definition) is 3. The number of rotatable bonds is 4. The number of nitrogens with zero attached hydrogens (tertiary/aromatic N) is 3. The Morgan fingerprint density at radius 2 is 2.12 bits per heavy atom. The smallest absolute Gasteiger partial charge is 0.318 e. The molecule has 6 nitrogen and oxygen atoms in total. The van der Waals surface area contributed by atoms with E-state index in [1.165, 1.54) is 6.07 Å². The number of nitrogens with one attached hydrogen (secondary N) is 1. The number of carbonyl (C=O) groups is 1. The van der Waals surface area contributed by atoms with Gasteiger partial charge in [-0.05, 0) is 24.8 Å². The third kappa shape index (κ3) is 3.82. The van der Waals surface area contributed by atoms with Gasteiger partial charge < -0.3 is 19.9 Å². The van der Waals surface area contributed by atoms with Crippen LogP contribution in [0.4, 0.5) is 9.18 Å². The Balaban J connectivity index is 1.80. The standard InChI is InChI=1S/C18H23FN4O2/c1-22-11-8-20-17(22)16(14-4-2-3-5-15(14)19)21-18(25)23-9-6-13(12-24)7-10-23/h2-5,8,11,13,16,24H,6-7,9-10,12H2,1H3,(H,21,25)/t16-/m0/s1. The molecule has 1 aliphatic rings. The van der Waals surface area contributed by atoms with Crippen molar-refractivity contribution >= 4 is 6.03 Å². The Morgan fingerprint density at radius 1 is 1.40 bits per heavy atom. The van der Waals surface area contributed by atoms with Crippen LogP contribution in [0.2, 0.25) is 0 Å². The van der Waals surface area contributed by atoms with Crippen LogP contribution in [-0.2, 0) is 7.05 Å². The Bertz CT molecular complexity index is 725. The molecule has 0 aliphatic carbocycles. The second-order valence-electron chi connectivity index (χ2n) is 6.41. The number of benzene rings is 1. The van der Waals surface area contributed by atoms with Gasteiger partial charge in [-0.1, -0.05) is 18.2 Å². The van der Waals surface area contributed by atoms with E-state index < -0.39 is 6.04 Å². The average Bonchev–Trinajstić information content (AvgIpc) is 3.06. The van der Waals surface area contributed by atoms with Crippen LogP contribution in [-0.4, -0.2) is 45.3 Å². The van der Waals surface area contributed by atoms with Gasteiger partial charge in [0.2, 0.25) is 0 Å². The lowest BCUT2D eigenvalue weighted by atomic mass is 9.98. The Kier molecular flexibility index (Phi) is 5.33. The molecule has 1 saturated heterocycles. The molecule has 134 valence electrons. The molecule has 0 bridgehead atoms. The number of carbonyl (C=O) groups excluding carboxylic acids is 1. The van der Waals surface area contributed by atoms with E-state index >= 15 is 0 Å². The van der Waals surface area contributed by atoms with E-state index in [4.69, 9.17) is 0 Å². The van der Waals surface area contributed by atoms with Crippen molar-refractivity contribution in [3.8, 4) is 0 Å². The second kappa shape index (κ2) is 7.65. The maximum Gasteiger partial charge on any atom is 0.318 e. The maximum absolute atomic E-state index is 14.3. The van der Waals surface area contributed by atoms with Gasteiger partial charge in [0.1, 0.15) is 17.7 Å². The summed E-state index contributed by atoms with van der Waals surface area (Å²) in [4.78, 5) is 18.7. The third-order valence-corrected chi connectivity index (χ3v) is 4.76. The molecule has 2 amide bonds. The normalized spacial score (nSPS) is 16.7. The summed E-state index contributed by atoms with van der Waals surface area (Å²) in [5, 5.41) is 12.1. The number of aliphatic hydroxyl groups is 1. The number of likely N-dealkylation sites (tertiary alicyclic amines) is 1. The van der Waals surface area contributed by atoms with Crippen molar-refractivity contribution in [1.82, 2.24) is 19.8 Å². The Morgan fingerprint density at radius 3 is 2.72 bits per heavy atom. The summed E-state index contributed by atoms with van der Waals surface area (Å²) in [5.74, 6) is 0.444. The quantitative estimate of drug-likeness (QED) is 0.890. The van der Waals surface area contributed by atoms with Gasteiger partial charge in [-0.25, -0.2) is 14.2 Å². The van der Waals surface area contributed by atoms with Gasteiger partial charge in [-0.15, -0.1) is 0 Å². The minimum Gasteiger partial charge on any atom is -0.396 e. The summed E-state index contributed by atoms with van der Waals surface area (Å²) in [7, 11) is 1.81. The first-order chi connectivity index (χ1) is 12.1. The van der Waals surface area contributed by atoms with E-state index in [1.54, 1.807) is 40.1 Å². The molecule has 1 atom stereocenters. The molecule has 25 heavy (non-hydrogen) atoms. The molecule has 0 radical (unpaired) electrons. The summed E-state index contributed by atoms with van der Waals surface area (Å²) < 4.78 is 16.1. The van der Waals surface area contributed by atoms with Crippen molar-refractivity contribution in [3.05, 3.63) is 53.9 Å². The summed E-state index contributed by atoms with van der Waals surface area (Å²) in [6.45, 7) is 1.32. The van der Waals surface area contributed by atoms with Crippen LogP contribution in [0, 0.1) is 11.7 Å². The van der Waals surface area contributed by atoms with Crippen LogP contribution in [0.1, 0.15) is 30.3 Å². The number of urea groups is 1. The zero-order valence-electron chi connectivity index (χ0n) is 14.2. The molecule has 2 N–H and O–H groups in total. The lowest BCUT2D eigenvalue weighted by Crippen LogP contribution is -2.46. The highest BCUT2D eigenvalue weighted by molar-refractivity contribution is 5.75. The predicted molar refractivity (Wildman–Crippen MR) is 91.4 cm³/mol. The largest absolute Gasteiger partial charge is 0.396 e. The molecule has 1 aliphatic heterocycles. The zero-order valence-corrected chi connectivity index (χ0v) is 14.2. The van der Waals surface area contributed by atoms with Crippen molar-refractivity contribution in [2.24, 2.45) is 13.0 Å². The van der Waals surface area contributed by atoms with E-state index in [9.17, 15) is 14.3 Å². The first kappa shape index (κ1) is 17.4. The SMILES string of the molecule is Cn1ccnc1[C@@H](NC(=O)N1CCC(CO)CC1)c1ccccc1F. The highest BCUT2D eigenvalue weighted by Gasteiger charge is 2.28. The molecule has 1 aromatic heterocycles. The van der Waals surface area contributed by atoms with Crippen molar-refractivity contribution in [1.29, 1.82) is 0 Å². The molecule has 1 aromatic carbocycles. The highest BCUT2D eigenvalue weighted by atomic mass is 19.1. The van der Waals surface area contributed by atoms with E-state index in [0.717, 1.165) is 12.8 Å². The number of imidazole rings is 1. The molecular formula is C18H23FN4O2. The van der Waals surface area contributed by atoms with Gasteiger partial charge in [0.05, 0.1) is 0 Å². The minimum absolute atomic E-state index is 0.153. The Labute approximate surface area is 146 Å². The van der Waals surface area contributed by atoms with Crippen LogP contribution in [0.15, 0.2) is 36.7 Å². The second-order valence-corrected chi connectivity index (χ2v) is 6.41. The fourth-order valence-electron chi connectivity index (χ4n) is 3.18. The fraction of sp³-hybridized carbons (Fsp3) is 0.444. The lowest BCUT2D eigenvalue weighted by Gasteiger charge is -2.32. The third-order valence-electron chi connectivity index (χ3n) is 4.76. The van der Waals surface area contributed by atoms with Crippen LogP contribution < -0.4 is 5.32 Å². The summed E-state index contributed by atoms with van der Waals surface area (Å²) in [5.41, 5.74) is 0.385. The first-order valence-corrected chi connectivity index (χ1v) is 8.48. The maximum atomic E-state index is 14.3. The molecule has 0 saturated carbocycles. The number of halogens is 1. The minimum atomic E-state index is -0.663. The summed E-state index contributed by atoms with van der Waals surface area (Å²) in [6.07, 6.45) is 4.94. The first-order valence-electron chi connectivity index (χ1n) is 8.48.